The molecule has 0 aliphatic carbocycles. The molecule has 10 nitrogen and oxygen atoms in total. The van der Waals surface area contributed by atoms with Crippen LogP contribution in [0.3, 0.4) is 0 Å². The topological polar surface area (TPSA) is 99.7 Å². The third kappa shape index (κ3) is 7.35. The van der Waals surface area contributed by atoms with Gasteiger partial charge in [-0.3, -0.25) is 9.59 Å². The first-order valence-corrected chi connectivity index (χ1v) is 12.9. The maximum absolute atomic E-state index is 13.4. The van der Waals surface area contributed by atoms with Crippen molar-refractivity contribution in [3.63, 3.8) is 0 Å². The van der Waals surface area contributed by atoms with Crippen LogP contribution in [0.1, 0.15) is 76.1 Å². The first-order valence-electron chi connectivity index (χ1n) is 12.9. The van der Waals surface area contributed by atoms with Crippen molar-refractivity contribution in [3.05, 3.63) is 23.3 Å². The van der Waals surface area contributed by atoms with Gasteiger partial charge >= 0.3 is 12.2 Å². The molecule has 4 amide bonds. The summed E-state index contributed by atoms with van der Waals surface area (Å²) in [7, 11) is 0. The number of rotatable bonds is 12. The Balaban J connectivity index is 3.82. The molecule has 0 N–H and O–H groups in total. The number of nitrogens with zero attached hydrogens (tertiary/aromatic N) is 4. The summed E-state index contributed by atoms with van der Waals surface area (Å²) in [4.78, 5) is 58.5. The van der Waals surface area contributed by atoms with Crippen LogP contribution in [0.2, 0.25) is 0 Å². The average molecular weight is 507 g/mol. The van der Waals surface area contributed by atoms with Gasteiger partial charge in [0.1, 0.15) is 11.5 Å². The molecule has 0 aliphatic rings. The van der Waals surface area contributed by atoms with Crippen LogP contribution in [0, 0.1) is 0 Å². The van der Waals surface area contributed by atoms with Crippen molar-refractivity contribution in [3.8, 4) is 11.5 Å². The first-order chi connectivity index (χ1) is 17.2. The van der Waals surface area contributed by atoms with E-state index in [2.05, 4.69) is 0 Å². The standard InChI is InChI=1S/C26H42N4O6/c1-9-27(10-2)23(31)19-17-22(36-26(34)30(15-7)16-8)20(24(32)28(11-3)12-4)18-21(19)35-25(33)29(13-5)14-6/h17-18H,9-16H2,1-8H3. The van der Waals surface area contributed by atoms with E-state index in [1.165, 1.54) is 21.9 Å². The molecule has 0 aromatic heterocycles. The number of amides is 4. The van der Waals surface area contributed by atoms with Gasteiger partial charge in [0.05, 0.1) is 11.1 Å². The fraction of sp³-hybridized carbons (Fsp3) is 0.615. The first kappa shape index (κ1) is 30.7. The van der Waals surface area contributed by atoms with Crippen molar-refractivity contribution in [2.24, 2.45) is 0 Å². The van der Waals surface area contributed by atoms with Gasteiger partial charge in [-0.1, -0.05) is 0 Å². The number of carbonyl (C=O) groups excluding carboxylic acids is 4. The highest BCUT2D eigenvalue weighted by molar-refractivity contribution is 6.03. The van der Waals surface area contributed by atoms with Crippen molar-refractivity contribution < 1.29 is 28.7 Å². The lowest BCUT2D eigenvalue weighted by Gasteiger charge is -2.25. The summed E-state index contributed by atoms with van der Waals surface area (Å²) < 4.78 is 11.3. The van der Waals surface area contributed by atoms with E-state index in [1.54, 1.807) is 9.80 Å². The normalized spacial score (nSPS) is 10.4. The summed E-state index contributed by atoms with van der Waals surface area (Å²) in [6.45, 7) is 18.0. The molecule has 202 valence electrons. The van der Waals surface area contributed by atoms with Crippen molar-refractivity contribution in [1.82, 2.24) is 19.6 Å². The molecule has 1 aromatic rings. The fourth-order valence-electron chi connectivity index (χ4n) is 3.71. The quantitative estimate of drug-likeness (QED) is 0.418. The Morgan fingerprint density at radius 3 is 0.972 bits per heavy atom. The van der Waals surface area contributed by atoms with Gasteiger partial charge in [-0.25, -0.2) is 9.59 Å². The van der Waals surface area contributed by atoms with E-state index < -0.39 is 24.0 Å². The Labute approximate surface area is 215 Å². The van der Waals surface area contributed by atoms with E-state index in [0.717, 1.165) is 0 Å². The number of carbonyl (C=O) groups is 4. The molecule has 1 rings (SSSR count). The lowest BCUT2D eigenvalue weighted by atomic mass is 10.1. The summed E-state index contributed by atoms with van der Waals surface area (Å²) in [5.41, 5.74) is 0.0790. The molecule has 0 heterocycles. The molecule has 0 saturated carbocycles. The van der Waals surface area contributed by atoms with Crippen LogP contribution in [0.5, 0.6) is 11.5 Å². The van der Waals surface area contributed by atoms with Crippen LogP contribution in [0.25, 0.3) is 0 Å². The Bertz CT molecular complexity index is 830. The zero-order valence-electron chi connectivity index (χ0n) is 23.0. The van der Waals surface area contributed by atoms with Gasteiger partial charge in [-0.05, 0) is 67.5 Å². The SMILES string of the molecule is CCN(CC)C(=O)Oc1cc(C(=O)N(CC)CC)c(OC(=O)N(CC)CC)cc1C(=O)N(CC)CC. The second kappa shape index (κ2) is 15.0. The predicted molar refractivity (Wildman–Crippen MR) is 139 cm³/mol. The minimum absolute atomic E-state index is 0.0395. The van der Waals surface area contributed by atoms with E-state index in [1.807, 2.05) is 55.4 Å². The van der Waals surface area contributed by atoms with Gasteiger partial charge in [0.2, 0.25) is 0 Å². The molecule has 10 heteroatoms. The molecule has 0 fully saturated rings. The zero-order valence-corrected chi connectivity index (χ0v) is 23.0. The van der Waals surface area contributed by atoms with Crippen LogP contribution in [-0.2, 0) is 0 Å². The Morgan fingerprint density at radius 1 is 0.500 bits per heavy atom. The van der Waals surface area contributed by atoms with Crippen LogP contribution < -0.4 is 9.47 Å². The molecule has 0 radical (unpaired) electrons. The smallest absolute Gasteiger partial charge is 0.409 e. The highest BCUT2D eigenvalue weighted by atomic mass is 16.6. The van der Waals surface area contributed by atoms with Gasteiger partial charge < -0.3 is 29.1 Å². The highest BCUT2D eigenvalue weighted by Gasteiger charge is 2.29. The summed E-state index contributed by atoms with van der Waals surface area (Å²) in [5, 5.41) is 0. The zero-order chi connectivity index (χ0) is 27.4. The van der Waals surface area contributed by atoms with E-state index in [-0.39, 0.29) is 22.6 Å². The highest BCUT2D eigenvalue weighted by Crippen LogP contribution is 2.32. The average Bonchev–Trinajstić information content (AvgIpc) is 2.87. The van der Waals surface area contributed by atoms with Crippen molar-refractivity contribution in [2.45, 2.75) is 55.4 Å². The monoisotopic (exact) mass is 506 g/mol. The van der Waals surface area contributed by atoms with Gasteiger partial charge in [-0.15, -0.1) is 0 Å². The van der Waals surface area contributed by atoms with Gasteiger partial charge in [-0.2, -0.15) is 0 Å². The van der Waals surface area contributed by atoms with Crippen molar-refractivity contribution >= 4 is 24.0 Å². The third-order valence-electron chi connectivity index (χ3n) is 6.08. The molecule has 0 atom stereocenters. The van der Waals surface area contributed by atoms with Crippen LogP contribution in [0.4, 0.5) is 9.59 Å². The molecule has 36 heavy (non-hydrogen) atoms. The molecular formula is C26H42N4O6. The van der Waals surface area contributed by atoms with Gasteiger partial charge in [0, 0.05) is 52.4 Å². The Hall–Kier alpha value is -3.30. The summed E-state index contributed by atoms with van der Waals surface area (Å²) >= 11 is 0. The van der Waals surface area contributed by atoms with Crippen molar-refractivity contribution in [2.75, 3.05) is 52.4 Å². The summed E-state index contributed by atoms with van der Waals surface area (Å²) in [5.74, 6) is -0.905. The molecule has 1 aromatic carbocycles. The largest absolute Gasteiger partial charge is 0.415 e. The molecule has 0 unspecified atom stereocenters. The second-order valence-corrected chi connectivity index (χ2v) is 7.88. The third-order valence-corrected chi connectivity index (χ3v) is 6.08. The molecule has 0 bridgehead atoms. The minimum Gasteiger partial charge on any atom is -0.409 e. The molecule has 0 spiro atoms. The number of ether oxygens (including phenoxy) is 2. The predicted octanol–water partition coefficient (Wildman–Crippen LogP) is 4.33. The van der Waals surface area contributed by atoms with Crippen molar-refractivity contribution in [1.29, 1.82) is 0 Å². The summed E-state index contributed by atoms with van der Waals surface area (Å²) in [6.07, 6.45) is -1.27. The molecular weight excluding hydrogens is 464 g/mol. The molecule has 0 saturated heterocycles. The van der Waals surface area contributed by atoms with Crippen LogP contribution in [0.15, 0.2) is 12.1 Å². The second-order valence-electron chi connectivity index (χ2n) is 7.88. The van der Waals surface area contributed by atoms with E-state index >= 15 is 0 Å². The maximum atomic E-state index is 13.4. The van der Waals surface area contributed by atoms with Crippen LogP contribution in [-0.4, -0.2) is 96.0 Å². The number of hydrogen-bond acceptors (Lipinski definition) is 6. The van der Waals surface area contributed by atoms with E-state index in [9.17, 15) is 19.2 Å². The Kier molecular flexibility index (Phi) is 12.8. The van der Waals surface area contributed by atoms with Gasteiger partial charge in [0.15, 0.2) is 0 Å². The maximum Gasteiger partial charge on any atom is 0.415 e. The molecule has 0 aliphatic heterocycles. The van der Waals surface area contributed by atoms with E-state index in [4.69, 9.17) is 9.47 Å². The number of hydrogen-bond donors (Lipinski definition) is 0. The van der Waals surface area contributed by atoms with Crippen LogP contribution >= 0.6 is 0 Å². The summed E-state index contributed by atoms with van der Waals surface area (Å²) in [6, 6.07) is 2.67. The fourth-order valence-corrected chi connectivity index (χ4v) is 3.71. The van der Waals surface area contributed by atoms with Gasteiger partial charge in [0.25, 0.3) is 11.8 Å². The van der Waals surface area contributed by atoms with E-state index in [0.29, 0.717) is 52.4 Å². The lowest BCUT2D eigenvalue weighted by molar-refractivity contribution is 0.0752. The minimum atomic E-state index is -0.636. The Morgan fingerprint density at radius 2 is 0.750 bits per heavy atom. The number of benzene rings is 1. The lowest BCUT2D eigenvalue weighted by Crippen LogP contribution is -2.36.